The van der Waals surface area contributed by atoms with Crippen molar-refractivity contribution < 1.29 is 23.1 Å². The van der Waals surface area contributed by atoms with Crippen LogP contribution in [0.4, 0.5) is 19.3 Å². The number of carbonyl (C=O) groups is 2. The summed E-state index contributed by atoms with van der Waals surface area (Å²) in [5.74, 6) is -1.26. The van der Waals surface area contributed by atoms with Crippen molar-refractivity contribution in [2.24, 2.45) is 0 Å². The Balaban J connectivity index is 1.38. The molecule has 8 heteroatoms. The van der Waals surface area contributed by atoms with Gasteiger partial charge in [-0.25, -0.2) is 13.6 Å². The van der Waals surface area contributed by atoms with Gasteiger partial charge in [0.2, 0.25) is 0 Å². The minimum Gasteiger partial charge on any atom is -0.441 e. The smallest absolute Gasteiger partial charge is 0.412 e. The average Bonchev–Trinajstić information content (AvgIpc) is 3.64. The van der Waals surface area contributed by atoms with E-state index in [0.717, 1.165) is 53.9 Å². The zero-order valence-electron chi connectivity index (χ0n) is 20.3. The predicted molar refractivity (Wildman–Crippen MR) is 140 cm³/mol. The van der Waals surface area contributed by atoms with E-state index >= 15 is 8.78 Å². The first-order valence-electron chi connectivity index (χ1n) is 11.9. The zero-order chi connectivity index (χ0) is 26.2. The van der Waals surface area contributed by atoms with Gasteiger partial charge < -0.3 is 9.53 Å². The van der Waals surface area contributed by atoms with Gasteiger partial charge in [0, 0.05) is 11.1 Å². The summed E-state index contributed by atoms with van der Waals surface area (Å²) in [4.78, 5) is 24.3. The third-order valence-electron chi connectivity index (χ3n) is 6.73. The number of hydrogen-bond acceptors (Lipinski definition) is 5. The highest BCUT2D eigenvalue weighted by Crippen LogP contribution is 2.46. The zero-order valence-corrected chi connectivity index (χ0v) is 21.1. The second kappa shape index (κ2) is 9.86. The average molecular weight is 519 g/mol. The second-order valence-electron chi connectivity index (χ2n) is 9.22. The van der Waals surface area contributed by atoms with Crippen molar-refractivity contribution in [1.82, 2.24) is 4.37 Å². The second-order valence-corrected chi connectivity index (χ2v) is 9.99. The van der Waals surface area contributed by atoms with Gasteiger partial charge in [-0.1, -0.05) is 54.6 Å². The molecule has 37 heavy (non-hydrogen) atoms. The van der Waals surface area contributed by atoms with Crippen LogP contribution in [0.3, 0.4) is 0 Å². The maximum absolute atomic E-state index is 15.3. The van der Waals surface area contributed by atoms with Crippen molar-refractivity contribution in [3.63, 3.8) is 0 Å². The summed E-state index contributed by atoms with van der Waals surface area (Å²) in [6.07, 6.45) is 1.34. The Bertz CT molecular complexity index is 1460. The van der Waals surface area contributed by atoms with Crippen LogP contribution in [0.1, 0.15) is 42.7 Å². The molecule has 5 rings (SSSR count). The van der Waals surface area contributed by atoms with Gasteiger partial charge in [-0.2, -0.15) is 4.37 Å². The van der Waals surface area contributed by atoms with Gasteiger partial charge in [-0.15, -0.1) is 0 Å². The number of nitrogens with zero attached hydrogens (tertiary/aromatic N) is 1. The Labute approximate surface area is 217 Å². The Morgan fingerprint density at radius 1 is 1.05 bits per heavy atom. The van der Waals surface area contributed by atoms with Crippen LogP contribution in [0, 0.1) is 18.6 Å². The molecule has 1 amide bonds. The van der Waals surface area contributed by atoms with Gasteiger partial charge in [-0.3, -0.25) is 5.32 Å². The summed E-state index contributed by atoms with van der Waals surface area (Å²) >= 11 is 0.965. The number of anilines is 1. The number of benzene rings is 3. The van der Waals surface area contributed by atoms with Crippen LogP contribution < -0.4 is 5.32 Å². The Hall–Kier alpha value is -3.91. The van der Waals surface area contributed by atoms with Crippen LogP contribution in [0.25, 0.3) is 21.6 Å². The number of hydrogen-bond donors (Lipinski definition) is 1. The molecule has 1 aromatic heterocycles. The minimum atomic E-state index is -0.720. The number of carbonyl (C=O) groups excluding carboxylic acids is 2. The first-order valence-corrected chi connectivity index (χ1v) is 12.6. The van der Waals surface area contributed by atoms with Gasteiger partial charge in [-0.05, 0) is 67.0 Å². The first-order chi connectivity index (χ1) is 17.8. The van der Waals surface area contributed by atoms with Crippen molar-refractivity contribution in [2.45, 2.75) is 38.2 Å². The molecule has 4 aromatic rings. The van der Waals surface area contributed by atoms with Crippen molar-refractivity contribution in [3.05, 3.63) is 95.2 Å². The molecular formula is C29H24F2N2O3S. The normalized spacial score (nSPS) is 14.6. The van der Waals surface area contributed by atoms with Gasteiger partial charge in [0.1, 0.15) is 24.0 Å². The van der Waals surface area contributed by atoms with E-state index in [4.69, 9.17) is 4.74 Å². The van der Waals surface area contributed by atoms with Crippen LogP contribution in [0.5, 0.6) is 0 Å². The van der Waals surface area contributed by atoms with Crippen LogP contribution in [-0.2, 0) is 14.9 Å². The molecule has 0 spiro atoms. The van der Waals surface area contributed by atoms with Crippen LogP contribution in [0.2, 0.25) is 0 Å². The number of aromatic nitrogens is 1. The lowest BCUT2D eigenvalue weighted by Crippen LogP contribution is -2.16. The Morgan fingerprint density at radius 2 is 1.70 bits per heavy atom. The van der Waals surface area contributed by atoms with Gasteiger partial charge in [0.05, 0.1) is 21.7 Å². The third kappa shape index (κ3) is 4.89. The lowest BCUT2D eigenvalue weighted by atomic mass is 9.94. The van der Waals surface area contributed by atoms with E-state index in [-0.39, 0.29) is 16.8 Å². The van der Waals surface area contributed by atoms with Crippen molar-refractivity contribution in [1.29, 1.82) is 0 Å². The predicted octanol–water partition coefficient (Wildman–Crippen LogP) is 7.60. The molecule has 0 bridgehead atoms. The molecule has 0 radical (unpaired) electrons. The molecule has 1 heterocycles. The fourth-order valence-corrected chi connectivity index (χ4v) is 5.18. The standard InChI is InChI=1S/C29H24F2N2O3S/c1-17-26(32-28(35)36-18(2)19-6-4-3-5-7-19)27(37-33-17)23-15-24(30)22(14-25(23)31)20-8-10-21(11-9-20)29(16-34)12-13-29/h3-11,14-16,18H,12-13H2,1-2H3,(H,32,35)/t18-/m1/s1. The van der Waals surface area contributed by atoms with E-state index in [1.165, 1.54) is 0 Å². The highest BCUT2D eigenvalue weighted by atomic mass is 32.1. The van der Waals surface area contributed by atoms with Gasteiger partial charge in [0.15, 0.2) is 0 Å². The molecular weight excluding hydrogens is 494 g/mol. The van der Waals surface area contributed by atoms with E-state index in [1.54, 1.807) is 38.1 Å². The molecule has 188 valence electrons. The summed E-state index contributed by atoms with van der Waals surface area (Å²) in [5.41, 5.74) is 2.62. The molecule has 0 unspecified atom stereocenters. The van der Waals surface area contributed by atoms with E-state index in [1.807, 2.05) is 30.3 Å². The van der Waals surface area contributed by atoms with Crippen molar-refractivity contribution in [3.8, 4) is 21.6 Å². The van der Waals surface area contributed by atoms with Crippen LogP contribution >= 0.6 is 11.5 Å². The van der Waals surface area contributed by atoms with Crippen molar-refractivity contribution >= 4 is 29.6 Å². The van der Waals surface area contributed by atoms with Crippen molar-refractivity contribution in [2.75, 3.05) is 5.32 Å². The minimum absolute atomic E-state index is 0.00670. The molecule has 0 saturated heterocycles. The molecule has 1 atom stereocenters. The highest BCUT2D eigenvalue weighted by molar-refractivity contribution is 7.10. The Morgan fingerprint density at radius 3 is 2.35 bits per heavy atom. The maximum Gasteiger partial charge on any atom is 0.412 e. The first kappa shape index (κ1) is 24.8. The molecule has 1 fully saturated rings. The van der Waals surface area contributed by atoms with Crippen LogP contribution in [0.15, 0.2) is 66.7 Å². The Kier molecular flexibility index (Phi) is 6.60. The highest BCUT2D eigenvalue weighted by Gasteiger charge is 2.44. The third-order valence-corrected chi connectivity index (χ3v) is 7.70. The summed E-state index contributed by atoms with van der Waals surface area (Å²) in [7, 11) is 0. The fraction of sp³-hybridized carbons (Fsp3) is 0.207. The monoisotopic (exact) mass is 518 g/mol. The number of aldehydes is 1. The number of rotatable bonds is 7. The molecule has 1 aliphatic rings. The number of ether oxygens (including phenoxy) is 1. The molecule has 5 nitrogen and oxygen atoms in total. The summed E-state index contributed by atoms with van der Waals surface area (Å²) < 4.78 is 40.2. The molecule has 1 aliphatic carbocycles. The van der Waals surface area contributed by atoms with E-state index < -0.39 is 29.2 Å². The number of nitrogens with one attached hydrogen (secondary N) is 1. The molecule has 1 N–H and O–H groups in total. The number of halogens is 2. The van der Waals surface area contributed by atoms with Gasteiger partial charge in [0.25, 0.3) is 0 Å². The summed E-state index contributed by atoms with van der Waals surface area (Å²) in [6.45, 7) is 3.42. The molecule has 0 aliphatic heterocycles. The SMILES string of the molecule is Cc1nsc(-c2cc(F)c(-c3ccc(C4(C=O)CC4)cc3)cc2F)c1NC(=O)O[C@H](C)c1ccccc1. The van der Waals surface area contributed by atoms with Crippen LogP contribution in [-0.4, -0.2) is 16.8 Å². The molecule has 1 saturated carbocycles. The fourth-order valence-electron chi connectivity index (χ4n) is 4.32. The summed E-state index contributed by atoms with van der Waals surface area (Å²) in [5, 5.41) is 2.65. The van der Waals surface area contributed by atoms with E-state index in [2.05, 4.69) is 9.69 Å². The maximum atomic E-state index is 15.3. The quantitative estimate of drug-likeness (QED) is 0.256. The van der Waals surface area contributed by atoms with Gasteiger partial charge >= 0.3 is 6.09 Å². The topological polar surface area (TPSA) is 68.3 Å². The molecule has 3 aromatic carbocycles. The lowest BCUT2D eigenvalue weighted by Gasteiger charge is -2.15. The summed E-state index contributed by atoms with van der Waals surface area (Å²) in [6, 6.07) is 18.5. The largest absolute Gasteiger partial charge is 0.441 e. The lowest BCUT2D eigenvalue weighted by molar-refractivity contribution is -0.109. The number of aryl methyl sites for hydroxylation is 1. The van der Waals surface area contributed by atoms with E-state index in [0.29, 0.717) is 16.1 Å². The number of amides is 1. The van der Waals surface area contributed by atoms with E-state index in [9.17, 15) is 9.59 Å².